The molecule has 0 spiro atoms. The fourth-order valence-electron chi connectivity index (χ4n) is 2.72. The number of carbonyl (C=O) groups is 1. The lowest BCUT2D eigenvalue weighted by molar-refractivity contribution is 0.104. The van der Waals surface area contributed by atoms with E-state index >= 15 is 0 Å². The highest BCUT2D eigenvalue weighted by Crippen LogP contribution is 2.30. The summed E-state index contributed by atoms with van der Waals surface area (Å²) in [5.74, 6) is -1.38. The van der Waals surface area contributed by atoms with Crippen LogP contribution < -0.4 is 5.63 Å². The Kier molecular flexibility index (Phi) is 5.17. The molecule has 1 aromatic heterocycles. The average molecular weight is 380 g/mol. The lowest BCUT2D eigenvalue weighted by Crippen LogP contribution is -2.05. The van der Waals surface area contributed by atoms with E-state index in [1.807, 2.05) is 0 Å². The largest absolute Gasteiger partial charge is 0.508 e. The topological polar surface area (TPSA) is 128 Å². The molecular formula is C21H16O7. The second-order valence-electron chi connectivity index (χ2n) is 6.07. The third-order valence-corrected chi connectivity index (χ3v) is 3.92. The zero-order chi connectivity index (χ0) is 20.3. The molecule has 3 rings (SSSR count). The van der Waals surface area contributed by atoms with E-state index in [9.17, 15) is 30.0 Å². The second-order valence-corrected chi connectivity index (χ2v) is 6.07. The number of hydrogen-bond acceptors (Lipinski definition) is 7. The van der Waals surface area contributed by atoms with Crippen molar-refractivity contribution in [2.45, 2.75) is 6.42 Å². The second kappa shape index (κ2) is 7.71. The van der Waals surface area contributed by atoms with Crippen molar-refractivity contribution in [1.29, 1.82) is 0 Å². The molecule has 142 valence electrons. The molecule has 3 aromatic rings. The SMILES string of the molecule is O=C(C=Cc1ccc(O)cc1)c1c(O)cc(O)cc1Cc1cc(O)cc(=O)o1. The summed E-state index contributed by atoms with van der Waals surface area (Å²) in [7, 11) is 0. The van der Waals surface area contributed by atoms with Crippen LogP contribution in [0.3, 0.4) is 0 Å². The van der Waals surface area contributed by atoms with Crippen molar-refractivity contribution in [1.82, 2.24) is 0 Å². The molecule has 4 N–H and O–H groups in total. The standard InChI is InChI=1S/C21H16O7/c22-14-4-1-12(2-5-14)3-6-18(25)21-13(7-15(23)10-19(21)26)8-17-9-16(24)11-20(27)28-17/h1-7,9-11,22-24,26H,8H2. The summed E-state index contributed by atoms with van der Waals surface area (Å²) in [6.45, 7) is 0. The van der Waals surface area contributed by atoms with Gasteiger partial charge in [0.2, 0.25) is 0 Å². The van der Waals surface area contributed by atoms with Gasteiger partial charge in [0.15, 0.2) is 5.78 Å². The van der Waals surface area contributed by atoms with Crippen molar-refractivity contribution in [3.8, 4) is 23.0 Å². The number of allylic oxidation sites excluding steroid dienone is 1. The van der Waals surface area contributed by atoms with E-state index in [2.05, 4.69) is 0 Å². The van der Waals surface area contributed by atoms with Crippen LogP contribution in [-0.4, -0.2) is 26.2 Å². The normalized spacial score (nSPS) is 11.0. The number of hydrogen-bond donors (Lipinski definition) is 4. The monoisotopic (exact) mass is 380 g/mol. The van der Waals surface area contributed by atoms with Gasteiger partial charge >= 0.3 is 5.63 Å². The third-order valence-electron chi connectivity index (χ3n) is 3.92. The van der Waals surface area contributed by atoms with Crippen LogP contribution in [0.1, 0.15) is 27.2 Å². The van der Waals surface area contributed by atoms with Gasteiger partial charge in [0.25, 0.3) is 0 Å². The summed E-state index contributed by atoms with van der Waals surface area (Å²) in [6, 6.07) is 10.6. The summed E-state index contributed by atoms with van der Waals surface area (Å²) in [4.78, 5) is 24.1. The van der Waals surface area contributed by atoms with Gasteiger partial charge in [-0.1, -0.05) is 18.2 Å². The maximum absolute atomic E-state index is 12.6. The van der Waals surface area contributed by atoms with E-state index in [0.29, 0.717) is 5.56 Å². The fraction of sp³-hybridized carbons (Fsp3) is 0.0476. The van der Waals surface area contributed by atoms with Crippen molar-refractivity contribution in [3.63, 3.8) is 0 Å². The van der Waals surface area contributed by atoms with Gasteiger partial charge in [0.1, 0.15) is 28.8 Å². The van der Waals surface area contributed by atoms with Crippen LogP contribution >= 0.6 is 0 Å². The molecule has 1 heterocycles. The Morgan fingerprint density at radius 3 is 2.25 bits per heavy atom. The smallest absolute Gasteiger partial charge is 0.339 e. The minimum atomic E-state index is -0.764. The predicted molar refractivity (Wildman–Crippen MR) is 101 cm³/mol. The summed E-state index contributed by atoms with van der Waals surface area (Å²) >= 11 is 0. The Labute approximate surface area is 159 Å². The summed E-state index contributed by atoms with van der Waals surface area (Å²) in [5.41, 5.74) is 0.0369. The lowest BCUT2D eigenvalue weighted by Gasteiger charge is -2.10. The van der Waals surface area contributed by atoms with Crippen molar-refractivity contribution < 1.29 is 29.6 Å². The number of ketones is 1. The average Bonchev–Trinajstić information content (AvgIpc) is 2.59. The molecule has 0 aliphatic rings. The first-order chi connectivity index (χ1) is 13.3. The minimum absolute atomic E-state index is 0.0616. The Balaban J connectivity index is 1.96. The number of benzene rings is 2. The van der Waals surface area contributed by atoms with Gasteiger partial charge in [-0.05, 0) is 35.4 Å². The summed E-state index contributed by atoms with van der Waals surface area (Å²) in [6.07, 6.45) is 2.63. The molecule has 0 bridgehead atoms. The fourth-order valence-corrected chi connectivity index (χ4v) is 2.72. The minimum Gasteiger partial charge on any atom is -0.508 e. The zero-order valence-corrected chi connectivity index (χ0v) is 14.5. The number of carbonyl (C=O) groups excluding carboxylic acids is 1. The van der Waals surface area contributed by atoms with E-state index in [1.54, 1.807) is 12.1 Å². The van der Waals surface area contributed by atoms with E-state index in [-0.39, 0.29) is 40.6 Å². The molecular weight excluding hydrogens is 364 g/mol. The van der Waals surface area contributed by atoms with Gasteiger partial charge in [-0.3, -0.25) is 4.79 Å². The van der Waals surface area contributed by atoms with Crippen molar-refractivity contribution in [3.05, 3.63) is 87.5 Å². The first-order valence-electron chi connectivity index (χ1n) is 8.21. The molecule has 0 aliphatic carbocycles. The molecule has 7 heteroatoms. The van der Waals surface area contributed by atoms with Crippen LogP contribution in [0.2, 0.25) is 0 Å². The Morgan fingerprint density at radius 2 is 1.57 bits per heavy atom. The molecule has 0 fully saturated rings. The molecule has 0 radical (unpaired) electrons. The Morgan fingerprint density at radius 1 is 0.893 bits per heavy atom. The van der Waals surface area contributed by atoms with Gasteiger partial charge < -0.3 is 24.8 Å². The molecule has 0 amide bonds. The zero-order valence-electron chi connectivity index (χ0n) is 14.5. The number of aromatic hydroxyl groups is 4. The van der Waals surface area contributed by atoms with Crippen LogP contribution in [-0.2, 0) is 6.42 Å². The Bertz CT molecular complexity index is 1110. The highest BCUT2D eigenvalue weighted by molar-refractivity contribution is 6.09. The molecule has 2 aromatic carbocycles. The maximum atomic E-state index is 12.6. The van der Waals surface area contributed by atoms with Gasteiger partial charge in [-0.2, -0.15) is 0 Å². The molecule has 7 nitrogen and oxygen atoms in total. The molecule has 0 saturated carbocycles. The highest BCUT2D eigenvalue weighted by atomic mass is 16.4. The highest BCUT2D eigenvalue weighted by Gasteiger charge is 2.17. The number of rotatable bonds is 5. The van der Waals surface area contributed by atoms with Crippen molar-refractivity contribution in [2.24, 2.45) is 0 Å². The van der Waals surface area contributed by atoms with Crippen LogP contribution in [0.25, 0.3) is 6.08 Å². The van der Waals surface area contributed by atoms with Crippen molar-refractivity contribution >= 4 is 11.9 Å². The van der Waals surface area contributed by atoms with E-state index in [4.69, 9.17) is 4.42 Å². The maximum Gasteiger partial charge on any atom is 0.339 e. The first kappa shape index (κ1) is 18.8. The van der Waals surface area contributed by atoms with E-state index in [1.165, 1.54) is 36.4 Å². The molecule has 28 heavy (non-hydrogen) atoms. The summed E-state index contributed by atoms with van der Waals surface area (Å²) in [5, 5.41) is 38.8. The third kappa shape index (κ3) is 4.39. The quantitative estimate of drug-likeness (QED) is 0.396. The van der Waals surface area contributed by atoms with Crippen LogP contribution in [0.15, 0.2) is 63.8 Å². The molecule has 0 aliphatic heterocycles. The molecule has 0 saturated heterocycles. The number of phenols is 3. The van der Waals surface area contributed by atoms with Gasteiger partial charge in [0.05, 0.1) is 11.6 Å². The first-order valence-corrected chi connectivity index (χ1v) is 8.21. The van der Waals surface area contributed by atoms with Crippen LogP contribution in [0.5, 0.6) is 23.0 Å². The lowest BCUT2D eigenvalue weighted by atomic mass is 9.97. The molecule has 0 unspecified atom stereocenters. The van der Waals surface area contributed by atoms with Crippen LogP contribution in [0.4, 0.5) is 0 Å². The Hall–Kier alpha value is -4.00. The summed E-state index contributed by atoms with van der Waals surface area (Å²) < 4.78 is 4.99. The van der Waals surface area contributed by atoms with Gasteiger partial charge in [0, 0.05) is 18.6 Å². The van der Waals surface area contributed by atoms with Gasteiger partial charge in [-0.25, -0.2) is 4.79 Å². The molecule has 0 atom stereocenters. The number of phenolic OH excluding ortho intramolecular Hbond substituents is 3. The van der Waals surface area contributed by atoms with Gasteiger partial charge in [-0.15, -0.1) is 0 Å². The van der Waals surface area contributed by atoms with E-state index in [0.717, 1.165) is 12.1 Å². The van der Waals surface area contributed by atoms with Crippen LogP contribution in [0, 0.1) is 0 Å². The van der Waals surface area contributed by atoms with E-state index < -0.39 is 17.2 Å². The predicted octanol–water partition coefficient (Wildman–Crippen LogP) is 2.95. The van der Waals surface area contributed by atoms with Crippen molar-refractivity contribution in [2.75, 3.05) is 0 Å².